The molecule has 0 radical (unpaired) electrons. The van der Waals surface area contributed by atoms with Crippen molar-refractivity contribution in [2.24, 2.45) is 0 Å². The highest BCUT2D eigenvalue weighted by molar-refractivity contribution is 5.77. The summed E-state index contributed by atoms with van der Waals surface area (Å²) in [6, 6.07) is 3.87. The summed E-state index contributed by atoms with van der Waals surface area (Å²) in [6.07, 6.45) is 0.697. The Morgan fingerprint density at radius 3 is 2.20 bits per heavy atom. The topological polar surface area (TPSA) is 89.8 Å². The highest BCUT2D eigenvalue weighted by Gasteiger charge is 2.29. The predicted octanol–water partition coefficient (Wildman–Crippen LogP) is 2.74. The molecule has 1 unspecified atom stereocenters. The first-order valence-electron chi connectivity index (χ1n) is 8.86. The smallest absolute Gasteiger partial charge is 0.221 e. The summed E-state index contributed by atoms with van der Waals surface area (Å²) in [5.74, 6) is 0.0475. The van der Waals surface area contributed by atoms with Crippen LogP contribution in [0.1, 0.15) is 70.1 Å². The van der Waals surface area contributed by atoms with E-state index in [-0.39, 0.29) is 36.9 Å². The fraction of sp³-hybridized carbons (Fsp3) is 0.650. The van der Waals surface area contributed by atoms with Crippen molar-refractivity contribution in [3.05, 3.63) is 28.8 Å². The molecule has 0 aliphatic rings. The maximum atomic E-state index is 12.4. The van der Waals surface area contributed by atoms with E-state index >= 15 is 0 Å². The van der Waals surface area contributed by atoms with Gasteiger partial charge in [0.15, 0.2) is 0 Å². The van der Waals surface area contributed by atoms with Crippen molar-refractivity contribution in [2.75, 3.05) is 13.2 Å². The van der Waals surface area contributed by atoms with Crippen molar-refractivity contribution in [3.63, 3.8) is 0 Å². The van der Waals surface area contributed by atoms with Gasteiger partial charge in [-0.1, -0.05) is 46.8 Å². The van der Waals surface area contributed by atoms with E-state index in [2.05, 4.69) is 5.32 Å². The molecule has 0 aromatic heterocycles. The number of nitrogens with one attached hydrogen (secondary N) is 1. The van der Waals surface area contributed by atoms with Gasteiger partial charge in [0.2, 0.25) is 5.91 Å². The first kappa shape index (κ1) is 21.5. The number of hydrogen-bond donors (Lipinski definition) is 4. The number of rotatable bonds is 7. The van der Waals surface area contributed by atoms with Crippen LogP contribution < -0.4 is 5.32 Å². The zero-order valence-corrected chi connectivity index (χ0v) is 16.3. The van der Waals surface area contributed by atoms with Crippen LogP contribution in [-0.2, 0) is 10.2 Å². The number of amides is 1. The SMILES string of the molecule is CCC(CO)(CO)NC(=O)CC(C)c1cc(C)c(O)c(C(C)(C)C)c1. The van der Waals surface area contributed by atoms with Crippen LogP contribution in [0.3, 0.4) is 0 Å². The molecule has 0 heterocycles. The lowest BCUT2D eigenvalue weighted by Crippen LogP contribution is -2.53. The van der Waals surface area contributed by atoms with E-state index in [0.717, 1.165) is 16.7 Å². The van der Waals surface area contributed by atoms with E-state index in [0.29, 0.717) is 12.2 Å². The number of hydrogen-bond acceptors (Lipinski definition) is 4. The summed E-state index contributed by atoms with van der Waals surface area (Å²) >= 11 is 0. The van der Waals surface area contributed by atoms with Crippen molar-refractivity contribution in [1.29, 1.82) is 0 Å². The Morgan fingerprint density at radius 2 is 1.76 bits per heavy atom. The molecule has 142 valence electrons. The molecule has 0 saturated carbocycles. The van der Waals surface area contributed by atoms with E-state index < -0.39 is 5.54 Å². The van der Waals surface area contributed by atoms with E-state index in [4.69, 9.17) is 0 Å². The molecule has 1 atom stereocenters. The van der Waals surface area contributed by atoms with Gasteiger partial charge < -0.3 is 20.6 Å². The molecule has 0 aliphatic heterocycles. The second-order valence-corrected chi connectivity index (χ2v) is 8.09. The van der Waals surface area contributed by atoms with Gasteiger partial charge in [0.1, 0.15) is 5.75 Å². The van der Waals surface area contributed by atoms with E-state index in [1.807, 2.05) is 53.7 Å². The molecular formula is C20H33NO4. The molecule has 0 aliphatic carbocycles. The Kier molecular flexibility index (Phi) is 7.03. The summed E-state index contributed by atoms with van der Waals surface area (Å²) in [5, 5.41) is 32.0. The lowest BCUT2D eigenvalue weighted by atomic mass is 9.82. The molecule has 5 nitrogen and oxygen atoms in total. The maximum absolute atomic E-state index is 12.4. The lowest BCUT2D eigenvalue weighted by molar-refractivity contribution is -0.124. The van der Waals surface area contributed by atoms with Crippen LogP contribution in [0.2, 0.25) is 0 Å². The number of aromatic hydroxyl groups is 1. The standard InChI is InChI=1S/C20H33NO4/c1-7-20(11-22,12-23)21-17(24)9-13(2)15-8-14(3)18(25)16(10-15)19(4,5)6/h8,10,13,22-23,25H,7,9,11-12H2,1-6H3,(H,21,24). The van der Waals surface area contributed by atoms with Gasteiger partial charge in [-0.05, 0) is 41.4 Å². The fourth-order valence-electron chi connectivity index (χ4n) is 2.85. The minimum absolute atomic E-state index is 0.0488. The van der Waals surface area contributed by atoms with E-state index in [9.17, 15) is 20.1 Å². The van der Waals surface area contributed by atoms with Gasteiger partial charge in [0, 0.05) is 6.42 Å². The quantitative estimate of drug-likeness (QED) is 0.608. The van der Waals surface area contributed by atoms with Crippen LogP contribution in [0.15, 0.2) is 12.1 Å². The van der Waals surface area contributed by atoms with Crippen LogP contribution in [-0.4, -0.2) is 40.0 Å². The number of benzene rings is 1. The summed E-state index contributed by atoms with van der Waals surface area (Å²) in [5.41, 5.74) is 1.48. The van der Waals surface area contributed by atoms with Crippen molar-refractivity contribution in [1.82, 2.24) is 5.32 Å². The highest BCUT2D eigenvalue weighted by atomic mass is 16.3. The van der Waals surface area contributed by atoms with Gasteiger partial charge in [-0.3, -0.25) is 4.79 Å². The van der Waals surface area contributed by atoms with Crippen LogP contribution >= 0.6 is 0 Å². The van der Waals surface area contributed by atoms with E-state index in [1.165, 1.54) is 0 Å². The largest absolute Gasteiger partial charge is 0.507 e. The molecule has 1 aromatic carbocycles. The molecule has 0 bridgehead atoms. The summed E-state index contributed by atoms with van der Waals surface area (Å²) in [6.45, 7) is 11.2. The molecule has 25 heavy (non-hydrogen) atoms. The van der Waals surface area contributed by atoms with Crippen molar-refractivity contribution < 1.29 is 20.1 Å². The van der Waals surface area contributed by atoms with Crippen LogP contribution in [0, 0.1) is 6.92 Å². The van der Waals surface area contributed by atoms with Crippen molar-refractivity contribution in [2.45, 2.75) is 71.3 Å². The molecular weight excluding hydrogens is 318 g/mol. The maximum Gasteiger partial charge on any atom is 0.221 e. The number of phenolic OH excluding ortho intramolecular Hbond substituents is 1. The Bertz CT molecular complexity index is 592. The first-order chi connectivity index (χ1) is 11.5. The summed E-state index contributed by atoms with van der Waals surface area (Å²) in [4.78, 5) is 12.4. The van der Waals surface area contributed by atoms with Crippen molar-refractivity contribution >= 4 is 5.91 Å². The van der Waals surface area contributed by atoms with Gasteiger partial charge in [0.05, 0.1) is 18.8 Å². The zero-order valence-electron chi connectivity index (χ0n) is 16.3. The summed E-state index contributed by atoms with van der Waals surface area (Å²) in [7, 11) is 0. The van der Waals surface area contributed by atoms with Crippen LogP contribution in [0.5, 0.6) is 5.75 Å². The van der Waals surface area contributed by atoms with Gasteiger partial charge >= 0.3 is 0 Å². The average molecular weight is 351 g/mol. The Morgan fingerprint density at radius 1 is 1.20 bits per heavy atom. The molecule has 0 fully saturated rings. The molecule has 1 rings (SSSR count). The number of aliphatic hydroxyl groups is 2. The molecule has 4 N–H and O–H groups in total. The Hall–Kier alpha value is -1.59. The minimum Gasteiger partial charge on any atom is -0.507 e. The van der Waals surface area contributed by atoms with Gasteiger partial charge in [-0.25, -0.2) is 0 Å². The lowest BCUT2D eigenvalue weighted by Gasteiger charge is -2.30. The predicted molar refractivity (Wildman–Crippen MR) is 99.9 cm³/mol. The normalized spacial score (nSPS) is 13.6. The van der Waals surface area contributed by atoms with E-state index in [1.54, 1.807) is 0 Å². The third-order valence-electron chi connectivity index (χ3n) is 4.88. The number of aliphatic hydroxyl groups excluding tert-OH is 2. The number of aryl methyl sites for hydroxylation is 1. The minimum atomic E-state index is -0.974. The zero-order chi connectivity index (χ0) is 19.4. The monoisotopic (exact) mass is 351 g/mol. The molecule has 0 saturated heterocycles. The third kappa shape index (κ3) is 5.19. The van der Waals surface area contributed by atoms with Gasteiger partial charge in [-0.15, -0.1) is 0 Å². The van der Waals surface area contributed by atoms with Gasteiger partial charge in [-0.2, -0.15) is 0 Å². The van der Waals surface area contributed by atoms with Crippen molar-refractivity contribution in [3.8, 4) is 5.75 Å². The fourth-order valence-corrected chi connectivity index (χ4v) is 2.85. The average Bonchev–Trinajstić information content (AvgIpc) is 2.53. The number of carbonyl (C=O) groups excluding carboxylic acids is 1. The molecule has 0 spiro atoms. The third-order valence-corrected chi connectivity index (χ3v) is 4.88. The molecule has 1 aromatic rings. The Balaban J connectivity index is 3.00. The van der Waals surface area contributed by atoms with Crippen LogP contribution in [0.25, 0.3) is 0 Å². The molecule has 1 amide bonds. The number of phenols is 1. The first-order valence-corrected chi connectivity index (χ1v) is 8.86. The van der Waals surface area contributed by atoms with Gasteiger partial charge in [0.25, 0.3) is 0 Å². The second kappa shape index (κ2) is 8.19. The van der Waals surface area contributed by atoms with Crippen LogP contribution in [0.4, 0.5) is 0 Å². The Labute approximate surface area is 151 Å². The summed E-state index contributed by atoms with van der Waals surface area (Å²) < 4.78 is 0. The second-order valence-electron chi connectivity index (χ2n) is 8.09. The molecule has 5 heteroatoms. The highest BCUT2D eigenvalue weighted by Crippen LogP contribution is 2.36. The number of carbonyl (C=O) groups is 1.